The van der Waals surface area contributed by atoms with Crippen LogP contribution in [0.1, 0.15) is 239 Å². The van der Waals surface area contributed by atoms with Gasteiger partial charge in [0.1, 0.15) is 36.8 Å². The van der Waals surface area contributed by atoms with E-state index in [1.165, 1.54) is 161 Å². The first-order chi connectivity index (χ1) is 30.5. The lowest BCUT2D eigenvalue weighted by Gasteiger charge is -2.40. The zero-order chi connectivity index (χ0) is 46.2. The van der Waals surface area contributed by atoms with E-state index in [9.17, 15) is 37.9 Å². The minimum atomic E-state index is -4.60. The number of aliphatic hydroxyl groups is 3. The lowest BCUT2D eigenvalue weighted by atomic mass is 10.00. The number of hydrogen-bond donors (Lipinski definition) is 4. The molecule has 0 aromatic rings. The van der Waals surface area contributed by atoms with E-state index in [-0.39, 0.29) is 19.4 Å². The summed E-state index contributed by atoms with van der Waals surface area (Å²) in [5, 5.41) is 30.9. The van der Waals surface area contributed by atoms with Crippen molar-refractivity contribution in [1.82, 2.24) is 0 Å². The summed E-state index contributed by atoms with van der Waals surface area (Å²) in [6.45, 7) is 3.79. The van der Waals surface area contributed by atoms with Crippen LogP contribution in [0, 0.1) is 0 Å². The standard InChI is InChI=1S/C50H94O12S/c1-3-5-7-9-11-13-15-17-19-20-21-22-23-24-25-27-28-30-32-34-36-38-45(51)59-40-43(41-60-50-49(55)48(54)47(53)44(62-50)42-63(56,57)58)61-46(52)39-37-35-33-31-29-26-18-16-14-12-10-8-6-4-2/h17,19,43-44,47-50,53-55H,3-16,18,20-42H2,1-2H3,(H,56,57,58)/b19-17+/t43-,44-,47-,48?,49?,50+/m1/s1. The van der Waals surface area contributed by atoms with Crippen molar-refractivity contribution in [2.24, 2.45) is 0 Å². The van der Waals surface area contributed by atoms with Crippen LogP contribution < -0.4 is 0 Å². The number of esters is 2. The summed E-state index contributed by atoms with van der Waals surface area (Å²) in [6.07, 6.45) is 35.4. The molecule has 0 aromatic carbocycles. The highest BCUT2D eigenvalue weighted by Gasteiger charge is 2.46. The van der Waals surface area contributed by atoms with Gasteiger partial charge in [0.15, 0.2) is 12.4 Å². The van der Waals surface area contributed by atoms with E-state index in [4.69, 9.17) is 18.9 Å². The Labute approximate surface area is 384 Å². The highest BCUT2D eigenvalue weighted by molar-refractivity contribution is 7.85. The first-order valence-electron chi connectivity index (χ1n) is 25.7. The molecule has 0 saturated carbocycles. The van der Waals surface area contributed by atoms with Gasteiger partial charge in [-0.2, -0.15) is 8.42 Å². The zero-order valence-corrected chi connectivity index (χ0v) is 40.8. The van der Waals surface area contributed by atoms with Gasteiger partial charge >= 0.3 is 11.9 Å². The molecular weight excluding hydrogens is 825 g/mol. The van der Waals surface area contributed by atoms with Gasteiger partial charge in [0.05, 0.1) is 6.61 Å². The quantitative estimate of drug-likeness (QED) is 0.0196. The number of carbonyl (C=O) groups excluding carboxylic acids is 2. The number of carbonyl (C=O) groups is 2. The second-order valence-electron chi connectivity index (χ2n) is 18.2. The van der Waals surface area contributed by atoms with Gasteiger partial charge < -0.3 is 34.3 Å². The van der Waals surface area contributed by atoms with Gasteiger partial charge in [0, 0.05) is 12.8 Å². The van der Waals surface area contributed by atoms with Crippen molar-refractivity contribution >= 4 is 22.1 Å². The molecule has 0 radical (unpaired) electrons. The maximum atomic E-state index is 12.8. The smallest absolute Gasteiger partial charge is 0.306 e. The van der Waals surface area contributed by atoms with Crippen LogP contribution in [0.4, 0.5) is 0 Å². The van der Waals surface area contributed by atoms with Gasteiger partial charge in [-0.25, -0.2) is 0 Å². The molecule has 1 aliphatic heterocycles. The van der Waals surface area contributed by atoms with Crippen LogP contribution in [0.2, 0.25) is 0 Å². The average Bonchev–Trinajstić information content (AvgIpc) is 3.25. The average molecular weight is 919 g/mol. The SMILES string of the molecule is CCCCCCCC/C=C/CCCCCCCCCCCCCC(=O)OC[C@H](CO[C@H]1O[C@H](CS(=O)(=O)O)[C@@H](O)C(O)C1O)OC(=O)CCCCCCCCCCCCCCCC. The molecule has 1 aliphatic rings. The van der Waals surface area contributed by atoms with Crippen LogP contribution in [0.5, 0.6) is 0 Å². The summed E-state index contributed by atoms with van der Waals surface area (Å²) in [6, 6.07) is 0. The number of ether oxygens (including phenoxy) is 4. The predicted octanol–water partition coefficient (Wildman–Crippen LogP) is 11.4. The first kappa shape index (κ1) is 59.4. The molecule has 0 bridgehead atoms. The Bertz CT molecular complexity index is 1210. The third kappa shape index (κ3) is 35.3. The molecule has 13 heteroatoms. The largest absolute Gasteiger partial charge is 0.462 e. The van der Waals surface area contributed by atoms with Crippen molar-refractivity contribution in [3.8, 4) is 0 Å². The molecule has 0 spiro atoms. The summed E-state index contributed by atoms with van der Waals surface area (Å²) in [5.41, 5.74) is 0. The van der Waals surface area contributed by atoms with E-state index >= 15 is 0 Å². The van der Waals surface area contributed by atoms with Crippen LogP contribution in [-0.4, -0.2) is 96.0 Å². The summed E-state index contributed by atoms with van der Waals surface area (Å²) in [5.74, 6) is -1.97. The Morgan fingerprint density at radius 3 is 1.32 bits per heavy atom. The molecule has 1 saturated heterocycles. The number of allylic oxidation sites excluding steroid dienone is 2. The molecule has 63 heavy (non-hydrogen) atoms. The molecule has 1 heterocycles. The topological polar surface area (TPSA) is 186 Å². The monoisotopic (exact) mass is 919 g/mol. The number of unbranched alkanes of at least 4 members (excludes halogenated alkanes) is 30. The minimum Gasteiger partial charge on any atom is -0.462 e. The highest BCUT2D eigenvalue weighted by atomic mass is 32.2. The van der Waals surface area contributed by atoms with E-state index in [1.807, 2.05) is 0 Å². The summed E-state index contributed by atoms with van der Waals surface area (Å²) < 4.78 is 54.2. The van der Waals surface area contributed by atoms with Crippen LogP contribution in [-0.2, 0) is 38.7 Å². The van der Waals surface area contributed by atoms with E-state index in [1.54, 1.807) is 0 Å². The Morgan fingerprint density at radius 2 is 0.905 bits per heavy atom. The van der Waals surface area contributed by atoms with E-state index in [0.29, 0.717) is 12.8 Å². The Morgan fingerprint density at radius 1 is 0.524 bits per heavy atom. The van der Waals surface area contributed by atoms with Crippen LogP contribution in [0.3, 0.4) is 0 Å². The fourth-order valence-corrected chi connectivity index (χ4v) is 8.78. The molecule has 0 aliphatic carbocycles. The van der Waals surface area contributed by atoms with Crippen LogP contribution in [0.15, 0.2) is 12.2 Å². The molecular formula is C50H94O12S. The van der Waals surface area contributed by atoms with Crippen LogP contribution in [0.25, 0.3) is 0 Å². The second-order valence-corrected chi connectivity index (χ2v) is 19.7. The third-order valence-corrected chi connectivity index (χ3v) is 12.8. The minimum absolute atomic E-state index is 0.170. The van der Waals surface area contributed by atoms with Crippen molar-refractivity contribution in [3.63, 3.8) is 0 Å². The molecule has 0 amide bonds. The fourth-order valence-electron chi connectivity index (χ4n) is 8.09. The third-order valence-electron chi connectivity index (χ3n) is 12.1. The summed E-state index contributed by atoms with van der Waals surface area (Å²) >= 11 is 0. The Balaban J connectivity index is 2.34. The van der Waals surface area contributed by atoms with Gasteiger partial charge in [-0.15, -0.1) is 0 Å². The van der Waals surface area contributed by atoms with Gasteiger partial charge in [-0.3, -0.25) is 14.1 Å². The van der Waals surface area contributed by atoms with E-state index < -0.39 is 71.2 Å². The molecule has 2 unspecified atom stereocenters. The van der Waals surface area contributed by atoms with E-state index in [2.05, 4.69) is 26.0 Å². The van der Waals surface area contributed by atoms with Crippen molar-refractivity contribution in [2.45, 2.75) is 275 Å². The molecule has 0 aromatic heterocycles. The first-order valence-corrected chi connectivity index (χ1v) is 27.4. The molecule has 1 fully saturated rings. The normalized spacial score (nSPS) is 19.7. The van der Waals surface area contributed by atoms with Crippen molar-refractivity contribution in [1.29, 1.82) is 0 Å². The van der Waals surface area contributed by atoms with Gasteiger partial charge in [-0.05, 0) is 38.5 Å². The molecule has 1 rings (SSSR count). The molecule has 12 nitrogen and oxygen atoms in total. The highest BCUT2D eigenvalue weighted by Crippen LogP contribution is 2.24. The maximum absolute atomic E-state index is 12.8. The van der Waals surface area contributed by atoms with Crippen molar-refractivity contribution in [3.05, 3.63) is 12.2 Å². The van der Waals surface area contributed by atoms with Crippen molar-refractivity contribution in [2.75, 3.05) is 19.0 Å². The second kappa shape index (κ2) is 40.6. The van der Waals surface area contributed by atoms with Gasteiger partial charge in [-0.1, -0.05) is 199 Å². The summed E-state index contributed by atoms with van der Waals surface area (Å²) in [4.78, 5) is 25.5. The Kier molecular flexibility index (Phi) is 38.3. The summed E-state index contributed by atoms with van der Waals surface area (Å²) in [7, 11) is -4.60. The van der Waals surface area contributed by atoms with E-state index in [0.717, 1.165) is 38.5 Å². The maximum Gasteiger partial charge on any atom is 0.306 e. The number of rotatable bonds is 44. The molecule has 6 atom stereocenters. The lowest BCUT2D eigenvalue weighted by molar-refractivity contribution is -0.297. The fraction of sp³-hybridized carbons (Fsp3) is 0.920. The van der Waals surface area contributed by atoms with Gasteiger partial charge in [0.25, 0.3) is 10.1 Å². The molecule has 372 valence electrons. The number of aliphatic hydroxyl groups excluding tert-OH is 3. The van der Waals surface area contributed by atoms with Crippen molar-refractivity contribution < 1.29 is 56.8 Å². The lowest BCUT2D eigenvalue weighted by Crippen LogP contribution is -2.60. The predicted molar refractivity (Wildman–Crippen MR) is 252 cm³/mol. The zero-order valence-electron chi connectivity index (χ0n) is 40.0. The Hall–Kier alpha value is -1.61. The van der Waals surface area contributed by atoms with Gasteiger partial charge in [0.2, 0.25) is 0 Å². The molecule has 4 N–H and O–H groups in total. The van der Waals surface area contributed by atoms with Crippen LogP contribution >= 0.6 is 0 Å². The number of hydrogen-bond acceptors (Lipinski definition) is 11.